The van der Waals surface area contributed by atoms with Crippen molar-refractivity contribution in [1.29, 1.82) is 0 Å². The third-order valence-corrected chi connectivity index (χ3v) is 4.80. The van der Waals surface area contributed by atoms with Crippen molar-refractivity contribution in [2.75, 3.05) is 0 Å². The maximum atomic E-state index is 13.6. The Morgan fingerprint density at radius 2 is 1.96 bits per heavy atom. The second-order valence-electron chi connectivity index (χ2n) is 7.12. The predicted octanol–water partition coefficient (Wildman–Crippen LogP) is 4.76. The number of alkyl halides is 3. The van der Waals surface area contributed by atoms with Crippen LogP contribution in [0.25, 0.3) is 10.9 Å². The summed E-state index contributed by atoms with van der Waals surface area (Å²) in [5, 5.41) is 3.05. The molecule has 2 heterocycles. The van der Waals surface area contributed by atoms with E-state index in [2.05, 4.69) is 15.3 Å². The van der Waals surface area contributed by atoms with Gasteiger partial charge >= 0.3 is 6.18 Å². The molecule has 1 saturated carbocycles. The van der Waals surface area contributed by atoms with Crippen molar-refractivity contribution in [3.8, 4) is 0 Å². The molecule has 3 aromatic rings. The Bertz CT molecular complexity index is 1040. The van der Waals surface area contributed by atoms with E-state index in [0.29, 0.717) is 16.6 Å². The lowest BCUT2D eigenvalue weighted by Gasteiger charge is -2.13. The van der Waals surface area contributed by atoms with E-state index in [1.54, 1.807) is 18.3 Å². The topological polar surface area (TPSA) is 54.9 Å². The van der Waals surface area contributed by atoms with Crippen LogP contribution in [0.15, 0.2) is 42.6 Å². The molecule has 0 unspecified atom stereocenters. The summed E-state index contributed by atoms with van der Waals surface area (Å²) in [5.74, 6) is -0.348. The van der Waals surface area contributed by atoms with Gasteiger partial charge in [0.05, 0.1) is 23.3 Å². The number of amides is 1. The van der Waals surface area contributed by atoms with Crippen molar-refractivity contribution < 1.29 is 18.0 Å². The van der Waals surface area contributed by atoms with Gasteiger partial charge in [-0.15, -0.1) is 0 Å². The molecule has 0 spiro atoms. The predicted molar refractivity (Wildman–Crippen MR) is 98.9 cm³/mol. The molecule has 1 N–H and O–H groups in total. The number of rotatable bonds is 4. The number of nitrogens with one attached hydrogen (secondary N) is 1. The molecule has 144 valence electrons. The standard InChI is InChI=1S/C21H18F3N3O/c1-12-2-6-16(25-10-12)11-26-20(28)18-7-5-14-8-15(13-3-4-13)9-17(19(14)27-18)21(22,23)24/h2,5-10,13H,3-4,11H2,1H3,(H,26,28). The summed E-state index contributed by atoms with van der Waals surface area (Å²) >= 11 is 0. The number of carbonyl (C=O) groups is 1. The lowest BCUT2D eigenvalue weighted by Crippen LogP contribution is -2.24. The van der Waals surface area contributed by atoms with E-state index in [9.17, 15) is 18.0 Å². The number of carbonyl (C=O) groups excluding carboxylic acids is 1. The van der Waals surface area contributed by atoms with E-state index < -0.39 is 17.6 Å². The van der Waals surface area contributed by atoms with Crippen LogP contribution < -0.4 is 5.32 Å². The van der Waals surface area contributed by atoms with Gasteiger partial charge in [0.15, 0.2) is 0 Å². The third kappa shape index (κ3) is 3.83. The van der Waals surface area contributed by atoms with Gasteiger partial charge in [-0.25, -0.2) is 4.98 Å². The SMILES string of the molecule is Cc1ccc(CNC(=O)c2ccc3cc(C4CC4)cc(C(F)(F)F)c3n2)nc1. The fourth-order valence-corrected chi connectivity index (χ4v) is 3.12. The van der Waals surface area contributed by atoms with E-state index in [-0.39, 0.29) is 23.7 Å². The number of fused-ring (bicyclic) bond motifs is 1. The zero-order valence-corrected chi connectivity index (χ0v) is 15.2. The highest BCUT2D eigenvalue weighted by Crippen LogP contribution is 2.44. The summed E-state index contributed by atoms with van der Waals surface area (Å²) in [4.78, 5) is 20.6. The van der Waals surface area contributed by atoms with Gasteiger partial charge in [0.25, 0.3) is 5.91 Å². The molecule has 1 aliphatic rings. The maximum Gasteiger partial charge on any atom is 0.418 e. The minimum Gasteiger partial charge on any atom is -0.345 e. The molecule has 1 aliphatic carbocycles. The molecule has 1 aromatic carbocycles. The van der Waals surface area contributed by atoms with Gasteiger partial charge in [-0.05, 0) is 61.1 Å². The lowest BCUT2D eigenvalue weighted by molar-refractivity contribution is -0.136. The highest BCUT2D eigenvalue weighted by molar-refractivity contribution is 5.95. The van der Waals surface area contributed by atoms with E-state index in [1.807, 2.05) is 13.0 Å². The largest absolute Gasteiger partial charge is 0.418 e. The number of pyridine rings is 2. The Morgan fingerprint density at radius 3 is 2.61 bits per heavy atom. The Labute approximate surface area is 159 Å². The number of aryl methyl sites for hydroxylation is 1. The van der Waals surface area contributed by atoms with Crippen LogP contribution in [0.2, 0.25) is 0 Å². The summed E-state index contributed by atoms with van der Waals surface area (Å²) in [6.07, 6.45) is -1.03. The Kier molecular flexibility index (Phi) is 4.53. The summed E-state index contributed by atoms with van der Waals surface area (Å²) < 4.78 is 40.7. The van der Waals surface area contributed by atoms with E-state index in [4.69, 9.17) is 0 Å². The van der Waals surface area contributed by atoms with Crippen molar-refractivity contribution in [3.05, 3.63) is 70.7 Å². The summed E-state index contributed by atoms with van der Waals surface area (Å²) in [7, 11) is 0. The first-order valence-electron chi connectivity index (χ1n) is 9.03. The quantitative estimate of drug-likeness (QED) is 0.704. The van der Waals surface area contributed by atoms with Gasteiger partial charge in [-0.2, -0.15) is 13.2 Å². The zero-order chi connectivity index (χ0) is 19.9. The van der Waals surface area contributed by atoms with Crippen molar-refractivity contribution in [3.63, 3.8) is 0 Å². The van der Waals surface area contributed by atoms with Gasteiger partial charge in [0.2, 0.25) is 0 Å². The van der Waals surface area contributed by atoms with Crippen LogP contribution in [-0.4, -0.2) is 15.9 Å². The minimum absolute atomic E-state index is 0.0516. The van der Waals surface area contributed by atoms with Gasteiger partial charge in [-0.1, -0.05) is 12.1 Å². The molecule has 4 nitrogen and oxygen atoms in total. The van der Waals surface area contributed by atoms with Gasteiger partial charge in [0.1, 0.15) is 5.69 Å². The second-order valence-corrected chi connectivity index (χ2v) is 7.12. The van der Waals surface area contributed by atoms with Crippen molar-refractivity contribution >= 4 is 16.8 Å². The highest BCUT2D eigenvalue weighted by atomic mass is 19.4. The first-order chi connectivity index (χ1) is 13.3. The first-order valence-corrected chi connectivity index (χ1v) is 9.03. The van der Waals surface area contributed by atoms with Gasteiger partial charge in [0, 0.05) is 11.6 Å². The van der Waals surface area contributed by atoms with Crippen molar-refractivity contribution in [1.82, 2.24) is 15.3 Å². The third-order valence-electron chi connectivity index (χ3n) is 4.80. The molecule has 0 atom stereocenters. The molecular weight excluding hydrogens is 367 g/mol. The molecule has 0 radical (unpaired) electrons. The molecule has 0 bridgehead atoms. The van der Waals surface area contributed by atoms with Gasteiger partial charge in [-0.3, -0.25) is 9.78 Å². The van der Waals surface area contributed by atoms with Crippen LogP contribution in [0.3, 0.4) is 0 Å². The summed E-state index contributed by atoms with van der Waals surface area (Å²) in [6, 6.07) is 9.55. The van der Waals surface area contributed by atoms with E-state index in [0.717, 1.165) is 18.4 Å². The maximum absolute atomic E-state index is 13.6. The number of halogens is 3. The van der Waals surface area contributed by atoms with E-state index in [1.165, 1.54) is 18.2 Å². The number of aromatic nitrogens is 2. The molecule has 7 heteroatoms. The van der Waals surface area contributed by atoms with Crippen LogP contribution in [0, 0.1) is 6.92 Å². The number of nitrogens with zero attached hydrogens (tertiary/aromatic N) is 2. The van der Waals surface area contributed by atoms with Crippen LogP contribution in [-0.2, 0) is 12.7 Å². The molecule has 28 heavy (non-hydrogen) atoms. The molecule has 2 aromatic heterocycles. The molecular formula is C21H18F3N3O. The highest BCUT2D eigenvalue weighted by Gasteiger charge is 2.36. The normalized spacial score (nSPS) is 14.3. The molecule has 4 rings (SSSR count). The van der Waals surface area contributed by atoms with Crippen molar-refractivity contribution in [2.24, 2.45) is 0 Å². The van der Waals surface area contributed by atoms with Crippen LogP contribution in [0.4, 0.5) is 13.2 Å². The average molecular weight is 385 g/mol. The molecule has 0 aliphatic heterocycles. The first kappa shape index (κ1) is 18.4. The van der Waals surface area contributed by atoms with Crippen LogP contribution in [0.5, 0.6) is 0 Å². The Morgan fingerprint density at radius 1 is 1.18 bits per heavy atom. The fraction of sp³-hybridized carbons (Fsp3) is 0.286. The van der Waals surface area contributed by atoms with Crippen molar-refractivity contribution in [2.45, 2.75) is 38.4 Å². The summed E-state index contributed by atoms with van der Waals surface area (Å²) in [6.45, 7) is 2.08. The number of benzene rings is 1. The monoisotopic (exact) mass is 385 g/mol. The molecule has 1 fully saturated rings. The fourth-order valence-electron chi connectivity index (χ4n) is 3.12. The molecule has 0 saturated heterocycles. The Hall–Kier alpha value is -2.96. The van der Waals surface area contributed by atoms with Crippen LogP contribution >= 0.6 is 0 Å². The lowest BCUT2D eigenvalue weighted by atomic mass is 10.0. The van der Waals surface area contributed by atoms with Gasteiger partial charge < -0.3 is 5.32 Å². The Balaban J connectivity index is 1.63. The smallest absolute Gasteiger partial charge is 0.345 e. The molecule has 1 amide bonds. The zero-order valence-electron chi connectivity index (χ0n) is 15.2. The van der Waals surface area contributed by atoms with Crippen LogP contribution in [0.1, 0.15) is 51.6 Å². The summed E-state index contributed by atoms with van der Waals surface area (Å²) in [5.41, 5.74) is 1.30. The number of hydrogen-bond acceptors (Lipinski definition) is 3. The average Bonchev–Trinajstić information content (AvgIpc) is 3.50. The minimum atomic E-state index is -4.53. The second kappa shape index (κ2) is 6.89. The number of hydrogen-bond donors (Lipinski definition) is 1. The van der Waals surface area contributed by atoms with E-state index >= 15 is 0 Å².